The summed E-state index contributed by atoms with van der Waals surface area (Å²) in [5.41, 5.74) is 0.587. The number of aliphatic carboxylic acids is 1. The molecular formula is C12H15NO4. The van der Waals surface area contributed by atoms with Gasteiger partial charge in [-0.2, -0.15) is 0 Å². The Bertz CT molecular complexity index is 417. The van der Waals surface area contributed by atoms with E-state index in [1.54, 1.807) is 24.3 Å². The van der Waals surface area contributed by atoms with E-state index in [4.69, 9.17) is 9.84 Å². The molecule has 0 bridgehead atoms. The van der Waals surface area contributed by atoms with Gasteiger partial charge in [0, 0.05) is 13.5 Å². The zero-order valence-corrected chi connectivity index (χ0v) is 9.84. The van der Waals surface area contributed by atoms with Crippen LogP contribution in [0.15, 0.2) is 24.3 Å². The Morgan fingerprint density at radius 2 is 2.00 bits per heavy atom. The topological polar surface area (TPSA) is 66.8 Å². The Balaban J connectivity index is 2.96. The van der Waals surface area contributed by atoms with Gasteiger partial charge in [0.25, 0.3) is 0 Å². The number of hydrogen-bond donors (Lipinski definition) is 1. The number of methoxy groups -OCH3 is 1. The van der Waals surface area contributed by atoms with Crippen molar-refractivity contribution in [2.75, 3.05) is 18.6 Å². The molecule has 1 rings (SSSR count). The fourth-order valence-electron chi connectivity index (χ4n) is 1.51. The first kappa shape index (κ1) is 13.0. The summed E-state index contributed by atoms with van der Waals surface area (Å²) in [6.07, 6.45) is -0.0996. The smallest absolute Gasteiger partial charge is 0.305 e. The Morgan fingerprint density at radius 3 is 2.53 bits per heavy atom. The van der Waals surface area contributed by atoms with Gasteiger partial charge in [-0.1, -0.05) is 12.1 Å². The molecule has 0 saturated heterocycles. The van der Waals surface area contributed by atoms with Crippen molar-refractivity contribution in [2.24, 2.45) is 0 Å². The van der Waals surface area contributed by atoms with Gasteiger partial charge in [0.15, 0.2) is 0 Å². The maximum Gasteiger partial charge on any atom is 0.305 e. The Labute approximate surface area is 99.6 Å². The lowest BCUT2D eigenvalue weighted by Crippen LogP contribution is -2.31. The van der Waals surface area contributed by atoms with Crippen LogP contribution in [0.5, 0.6) is 5.75 Å². The summed E-state index contributed by atoms with van der Waals surface area (Å²) in [5.74, 6) is -0.602. The summed E-state index contributed by atoms with van der Waals surface area (Å²) in [5, 5.41) is 8.65. The van der Waals surface area contributed by atoms with Crippen LogP contribution < -0.4 is 9.64 Å². The van der Waals surface area contributed by atoms with Crippen molar-refractivity contribution in [3.05, 3.63) is 24.3 Å². The SMILES string of the molecule is COc1ccccc1N(CCC(=O)O)C(C)=O. The molecule has 0 spiro atoms. The molecular weight excluding hydrogens is 222 g/mol. The van der Waals surface area contributed by atoms with E-state index in [9.17, 15) is 9.59 Å². The maximum absolute atomic E-state index is 11.5. The number of nitrogens with zero attached hydrogens (tertiary/aromatic N) is 1. The molecule has 0 heterocycles. The third kappa shape index (κ3) is 3.48. The fraction of sp³-hybridized carbons (Fsp3) is 0.333. The highest BCUT2D eigenvalue weighted by Crippen LogP contribution is 2.27. The molecule has 1 amide bonds. The van der Waals surface area contributed by atoms with E-state index >= 15 is 0 Å². The van der Waals surface area contributed by atoms with Crippen molar-refractivity contribution < 1.29 is 19.4 Å². The predicted molar refractivity (Wildman–Crippen MR) is 63.3 cm³/mol. The van der Waals surface area contributed by atoms with Gasteiger partial charge < -0.3 is 14.7 Å². The second-order valence-electron chi connectivity index (χ2n) is 3.49. The molecule has 5 nitrogen and oxygen atoms in total. The Morgan fingerprint density at radius 1 is 1.35 bits per heavy atom. The van der Waals surface area contributed by atoms with E-state index in [-0.39, 0.29) is 18.9 Å². The number of carboxylic acid groups (broad SMARTS) is 1. The lowest BCUT2D eigenvalue weighted by Gasteiger charge is -2.22. The predicted octanol–water partition coefficient (Wildman–Crippen LogP) is 1.52. The zero-order valence-electron chi connectivity index (χ0n) is 9.84. The highest BCUT2D eigenvalue weighted by Gasteiger charge is 2.16. The number of hydrogen-bond acceptors (Lipinski definition) is 3. The minimum atomic E-state index is -0.939. The summed E-state index contributed by atoms with van der Waals surface area (Å²) >= 11 is 0. The highest BCUT2D eigenvalue weighted by molar-refractivity contribution is 5.93. The number of carboxylic acids is 1. The third-order valence-electron chi connectivity index (χ3n) is 2.31. The number of carbonyl (C=O) groups excluding carboxylic acids is 1. The highest BCUT2D eigenvalue weighted by atomic mass is 16.5. The van der Waals surface area contributed by atoms with Crippen LogP contribution in [0.4, 0.5) is 5.69 Å². The fourth-order valence-corrected chi connectivity index (χ4v) is 1.51. The van der Waals surface area contributed by atoms with Crippen molar-refractivity contribution in [3.63, 3.8) is 0 Å². The largest absolute Gasteiger partial charge is 0.495 e. The standard InChI is InChI=1S/C12H15NO4/c1-9(14)13(8-7-12(15)16)10-5-3-4-6-11(10)17-2/h3-6H,7-8H2,1-2H3,(H,15,16). The lowest BCUT2D eigenvalue weighted by molar-refractivity contribution is -0.136. The summed E-state index contributed by atoms with van der Waals surface area (Å²) in [7, 11) is 1.51. The molecule has 17 heavy (non-hydrogen) atoms. The minimum Gasteiger partial charge on any atom is -0.495 e. The molecule has 1 N–H and O–H groups in total. The van der Waals surface area contributed by atoms with Crippen LogP contribution in [0.2, 0.25) is 0 Å². The Hall–Kier alpha value is -2.04. The van der Waals surface area contributed by atoms with Crippen LogP contribution in [0.1, 0.15) is 13.3 Å². The van der Waals surface area contributed by atoms with E-state index in [0.717, 1.165) is 0 Å². The second-order valence-corrected chi connectivity index (χ2v) is 3.49. The van der Waals surface area contributed by atoms with Crippen LogP contribution >= 0.6 is 0 Å². The normalized spacial score (nSPS) is 9.76. The minimum absolute atomic E-state index is 0.0996. The first-order valence-electron chi connectivity index (χ1n) is 5.19. The number of ether oxygens (including phenoxy) is 1. The lowest BCUT2D eigenvalue weighted by atomic mass is 10.2. The van der Waals surface area contributed by atoms with Gasteiger partial charge in [0.05, 0.1) is 19.2 Å². The Kier molecular flexibility index (Phi) is 4.51. The summed E-state index contributed by atoms with van der Waals surface area (Å²) in [6, 6.07) is 7.01. The van der Waals surface area contributed by atoms with E-state index < -0.39 is 5.97 Å². The molecule has 5 heteroatoms. The molecule has 1 aromatic rings. The van der Waals surface area contributed by atoms with Gasteiger partial charge in [0.2, 0.25) is 5.91 Å². The van der Waals surface area contributed by atoms with Crippen molar-refractivity contribution in [2.45, 2.75) is 13.3 Å². The van der Waals surface area contributed by atoms with Crippen LogP contribution in [-0.2, 0) is 9.59 Å². The zero-order chi connectivity index (χ0) is 12.8. The molecule has 0 radical (unpaired) electrons. The number of para-hydroxylation sites is 2. The van der Waals surface area contributed by atoms with E-state index in [1.165, 1.54) is 18.9 Å². The maximum atomic E-state index is 11.5. The summed E-state index contributed by atoms with van der Waals surface area (Å²) in [6.45, 7) is 1.53. The molecule has 0 aliphatic heterocycles. The quantitative estimate of drug-likeness (QED) is 0.843. The van der Waals surface area contributed by atoms with E-state index in [2.05, 4.69) is 0 Å². The van der Waals surface area contributed by atoms with E-state index in [0.29, 0.717) is 11.4 Å². The van der Waals surface area contributed by atoms with Gasteiger partial charge in [-0.05, 0) is 12.1 Å². The summed E-state index contributed by atoms with van der Waals surface area (Å²) in [4.78, 5) is 23.4. The van der Waals surface area contributed by atoms with Gasteiger partial charge >= 0.3 is 5.97 Å². The molecule has 0 atom stereocenters. The molecule has 92 valence electrons. The molecule has 1 aromatic carbocycles. The summed E-state index contributed by atoms with van der Waals surface area (Å²) < 4.78 is 5.14. The number of carbonyl (C=O) groups is 2. The number of anilines is 1. The van der Waals surface area contributed by atoms with Crippen molar-refractivity contribution in [3.8, 4) is 5.75 Å². The molecule has 0 fully saturated rings. The molecule has 0 aliphatic carbocycles. The molecule has 0 aromatic heterocycles. The number of benzene rings is 1. The molecule has 0 unspecified atom stereocenters. The third-order valence-corrected chi connectivity index (χ3v) is 2.31. The average Bonchev–Trinajstić information content (AvgIpc) is 2.29. The van der Waals surface area contributed by atoms with Gasteiger partial charge in [0.1, 0.15) is 5.75 Å². The first-order chi connectivity index (χ1) is 8.06. The second kappa shape index (κ2) is 5.89. The van der Waals surface area contributed by atoms with Crippen molar-refractivity contribution in [1.82, 2.24) is 0 Å². The van der Waals surface area contributed by atoms with E-state index in [1.807, 2.05) is 0 Å². The van der Waals surface area contributed by atoms with Gasteiger partial charge in [-0.3, -0.25) is 9.59 Å². The first-order valence-corrected chi connectivity index (χ1v) is 5.19. The van der Waals surface area contributed by atoms with Gasteiger partial charge in [-0.25, -0.2) is 0 Å². The average molecular weight is 237 g/mol. The van der Waals surface area contributed by atoms with Crippen LogP contribution in [0.3, 0.4) is 0 Å². The molecule has 0 saturated carbocycles. The van der Waals surface area contributed by atoms with Crippen molar-refractivity contribution >= 4 is 17.6 Å². The van der Waals surface area contributed by atoms with Crippen LogP contribution in [0, 0.1) is 0 Å². The molecule has 0 aliphatic rings. The van der Waals surface area contributed by atoms with Crippen LogP contribution in [-0.4, -0.2) is 30.6 Å². The monoisotopic (exact) mass is 237 g/mol. The number of rotatable bonds is 5. The van der Waals surface area contributed by atoms with Crippen molar-refractivity contribution in [1.29, 1.82) is 0 Å². The van der Waals surface area contributed by atoms with Crippen LogP contribution in [0.25, 0.3) is 0 Å². The number of amides is 1. The van der Waals surface area contributed by atoms with Gasteiger partial charge in [-0.15, -0.1) is 0 Å².